The summed E-state index contributed by atoms with van der Waals surface area (Å²) in [7, 11) is 0. The van der Waals surface area contributed by atoms with Gasteiger partial charge in [0.15, 0.2) is 0 Å². The second kappa shape index (κ2) is 7.19. The number of nitro groups is 1. The number of hydrogen-bond acceptors (Lipinski definition) is 5. The number of hydrogen-bond donors (Lipinski definition) is 1. The molecule has 1 aliphatic heterocycles. The molecule has 1 N–H and O–H groups in total. The summed E-state index contributed by atoms with van der Waals surface area (Å²) in [6.45, 7) is 3.89. The van der Waals surface area contributed by atoms with Crippen LogP contribution in [0.5, 0.6) is 5.75 Å². The number of halogens is 1. The lowest BCUT2D eigenvalue weighted by molar-refractivity contribution is -0.384. The molecule has 7 heteroatoms. The number of rotatable bonds is 4. The number of nitro benzene ring substituents is 1. The molecule has 0 saturated carbocycles. The molecule has 1 saturated heterocycles. The van der Waals surface area contributed by atoms with E-state index < -0.39 is 0 Å². The molecule has 0 bridgehead atoms. The Morgan fingerprint density at radius 1 is 1.12 bits per heavy atom. The minimum atomic E-state index is -0.334. The molecule has 24 heavy (non-hydrogen) atoms. The van der Waals surface area contributed by atoms with E-state index in [0.29, 0.717) is 10.2 Å². The highest BCUT2D eigenvalue weighted by Gasteiger charge is 2.23. The van der Waals surface area contributed by atoms with Crippen LogP contribution in [0.4, 0.5) is 11.4 Å². The molecule has 0 atom stereocenters. The van der Waals surface area contributed by atoms with Crippen LogP contribution >= 0.6 is 15.9 Å². The van der Waals surface area contributed by atoms with E-state index >= 15 is 0 Å². The lowest BCUT2D eigenvalue weighted by atomic mass is 10.1. The zero-order chi connectivity index (χ0) is 17.1. The largest absolute Gasteiger partial charge is 0.508 e. The Labute approximate surface area is 148 Å². The molecule has 2 aromatic rings. The second-order valence-corrected chi connectivity index (χ2v) is 6.74. The van der Waals surface area contributed by atoms with Gasteiger partial charge in [-0.1, -0.05) is 28.1 Å². The van der Waals surface area contributed by atoms with Crippen molar-refractivity contribution in [1.29, 1.82) is 0 Å². The van der Waals surface area contributed by atoms with Crippen LogP contribution in [0.3, 0.4) is 0 Å². The molecule has 6 nitrogen and oxygen atoms in total. The Morgan fingerprint density at radius 3 is 2.54 bits per heavy atom. The number of anilines is 1. The summed E-state index contributed by atoms with van der Waals surface area (Å²) in [5.74, 6) is 0.275. The molecule has 3 rings (SSSR count). The van der Waals surface area contributed by atoms with Gasteiger partial charge in [-0.2, -0.15) is 0 Å². The minimum Gasteiger partial charge on any atom is -0.508 e. The zero-order valence-corrected chi connectivity index (χ0v) is 14.6. The van der Waals surface area contributed by atoms with Crippen molar-refractivity contribution < 1.29 is 10.0 Å². The summed E-state index contributed by atoms with van der Waals surface area (Å²) in [5.41, 5.74) is 1.86. The first-order chi connectivity index (χ1) is 11.5. The fourth-order valence-electron chi connectivity index (χ4n) is 2.97. The first-order valence-corrected chi connectivity index (χ1v) is 8.51. The van der Waals surface area contributed by atoms with Crippen LogP contribution in [0, 0.1) is 10.1 Å². The van der Waals surface area contributed by atoms with Crippen molar-refractivity contribution in [3.8, 4) is 5.75 Å². The maximum Gasteiger partial charge on any atom is 0.293 e. The molecule has 1 heterocycles. The van der Waals surface area contributed by atoms with Crippen LogP contribution in [-0.4, -0.2) is 41.1 Å². The third-order valence-corrected chi connectivity index (χ3v) is 4.66. The van der Waals surface area contributed by atoms with E-state index in [4.69, 9.17) is 0 Å². The first-order valence-electron chi connectivity index (χ1n) is 7.72. The van der Waals surface area contributed by atoms with Crippen LogP contribution in [-0.2, 0) is 6.54 Å². The summed E-state index contributed by atoms with van der Waals surface area (Å²) in [4.78, 5) is 15.3. The summed E-state index contributed by atoms with van der Waals surface area (Å²) in [5, 5.41) is 20.8. The molecule has 1 fully saturated rings. The van der Waals surface area contributed by atoms with E-state index in [1.54, 1.807) is 24.3 Å². The molecular weight excluding hydrogens is 374 g/mol. The van der Waals surface area contributed by atoms with E-state index in [1.165, 1.54) is 0 Å². The van der Waals surface area contributed by atoms with Crippen molar-refractivity contribution in [3.05, 3.63) is 62.6 Å². The van der Waals surface area contributed by atoms with Crippen molar-refractivity contribution in [2.75, 3.05) is 31.1 Å². The monoisotopic (exact) mass is 391 g/mol. The molecule has 1 aliphatic rings. The molecular formula is C17H18BrN3O3. The highest BCUT2D eigenvalue weighted by molar-refractivity contribution is 9.10. The van der Waals surface area contributed by atoms with Crippen molar-refractivity contribution in [1.82, 2.24) is 4.90 Å². The van der Waals surface area contributed by atoms with E-state index in [0.717, 1.165) is 38.3 Å². The SMILES string of the molecule is O=[N+]([O-])c1cc(Br)ccc1N1CCN(Cc2cccc(O)c2)CC1. The topological polar surface area (TPSA) is 69.9 Å². The summed E-state index contributed by atoms with van der Waals surface area (Å²) in [6.07, 6.45) is 0. The highest BCUT2D eigenvalue weighted by atomic mass is 79.9. The second-order valence-electron chi connectivity index (χ2n) is 5.82. The molecule has 0 unspecified atom stereocenters. The lowest BCUT2D eigenvalue weighted by Crippen LogP contribution is -2.46. The third kappa shape index (κ3) is 3.85. The Balaban J connectivity index is 1.66. The van der Waals surface area contributed by atoms with Crippen molar-refractivity contribution in [2.24, 2.45) is 0 Å². The minimum absolute atomic E-state index is 0.130. The average molecular weight is 392 g/mol. The Bertz CT molecular complexity index is 746. The van der Waals surface area contributed by atoms with Gasteiger partial charge in [-0.05, 0) is 29.8 Å². The Morgan fingerprint density at radius 2 is 1.88 bits per heavy atom. The van der Waals surface area contributed by atoms with Gasteiger partial charge < -0.3 is 10.0 Å². The summed E-state index contributed by atoms with van der Waals surface area (Å²) >= 11 is 3.29. The molecule has 126 valence electrons. The van der Waals surface area contributed by atoms with Gasteiger partial charge in [-0.25, -0.2) is 0 Å². The number of phenolic OH excluding ortho intramolecular Hbond substituents is 1. The highest BCUT2D eigenvalue weighted by Crippen LogP contribution is 2.31. The van der Waals surface area contributed by atoms with E-state index in [9.17, 15) is 15.2 Å². The van der Waals surface area contributed by atoms with Crippen molar-refractivity contribution in [3.63, 3.8) is 0 Å². The number of nitrogens with zero attached hydrogens (tertiary/aromatic N) is 3. The van der Waals surface area contributed by atoms with E-state index in [-0.39, 0.29) is 16.4 Å². The van der Waals surface area contributed by atoms with Crippen molar-refractivity contribution in [2.45, 2.75) is 6.54 Å². The van der Waals surface area contributed by atoms with Gasteiger partial charge in [0.2, 0.25) is 0 Å². The zero-order valence-electron chi connectivity index (χ0n) is 13.1. The van der Waals surface area contributed by atoms with Crippen LogP contribution < -0.4 is 4.90 Å². The molecule has 0 aliphatic carbocycles. The van der Waals surface area contributed by atoms with Crippen LogP contribution in [0.2, 0.25) is 0 Å². The maximum atomic E-state index is 11.3. The lowest BCUT2D eigenvalue weighted by Gasteiger charge is -2.35. The molecule has 0 amide bonds. The van der Waals surface area contributed by atoms with Gasteiger partial charge in [0.1, 0.15) is 11.4 Å². The third-order valence-electron chi connectivity index (χ3n) is 4.16. The fraction of sp³-hybridized carbons (Fsp3) is 0.294. The van der Waals surface area contributed by atoms with Gasteiger partial charge in [0.05, 0.1) is 4.92 Å². The Kier molecular flexibility index (Phi) is 5.01. The number of aromatic hydroxyl groups is 1. The predicted molar refractivity (Wildman–Crippen MR) is 96.4 cm³/mol. The van der Waals surface area contributed by atoms with Crippen molar-refractivity contribution >= 4 is 27.3 Å². The van der Waals surface area contributed by atoms with E-state index in [1.807, 2.05) is 18.2 Å². The van der Waals surface area contributed by atoms with Gasteiger partial charge in [-0.15, -0.1) is 0 Å². The smallest absolute Gasteiger partial charge is 0.293 e. The number of phenols is 1. The molecule has 0 aromatic heterocycles. The number of piperazine rings is 1. The van der Waals surface area contributed by atoms with Crippen LogP contribution in [0.15, 0.2) is 46.9 Å². The summed E-state index contributed by atoms with van der Waals surface area (Å²) < 4.78 is 0.709. The molecule has 2 aromatic carbocycles. The van der Waals surface area contributed by atoms with Gasteiger partial charge in [0, 0.05) is 43.3 Å². The van der Waals surface area contributed by atoms with Gasteiger partial charge in [0.25, 0.3) is 5.69 Å². The standard InChI is InChI=1S/C17H18BrN3O3/c18-14-4-5-16(17(11-14)21(23)24)20-8-6-19(7-9-20)12-13-2-1-3-15(22)10-13/h1-5,10-11,22H,6-9,12H2. The normalized spacial score (nSPS) is 15.5. The quantitative estimate of drug-likeness (QED) is 0.638. The van der Waals surface area contributed by atoms with Gasteiger partial charge >= 0.3 is 0 Å². The van der Waals surface area contributed by atoms with Crippen LogP contribution in [0.25, 0.3) is 0 Å². The molecule has 0 radical (unpaired) electrons. The fourth-order valence-corrected chi connectivity index (χ4v) is 3.32. The summed E-state index contributed by atoms with van der Waals surface area (Å²) in [6, 6.07) is 12.4. The van der Waals surface area contributed by atoms with E-state index in [2.05, 4.69) is 25.7 Å². The predicted octanol–water partition coefficient (Wildman–Crippen LogP) is 3.39. The van der Waals surface area contributed by atoms with Gasteiger partial charge in [-0.3, -0.25) is 15.0 Å². The number of benzene rings is 2. The Hall–Kier alpha value is -2.12. The maximum absolute atomic E-state index is 11.3. The first kappa shape index (κ1) is 16.7. The average Bonchev–Trinajstić information content (AvgIpc) is 2.56. The van der Waals surface area contributed by atoms with Crippen LogP contribution in [0.1, 0.15) is 5.56 Å². The molecule has 0 spiro atoms.